The fourth-order valence-electron chi connectivity index (χ4n) is 3.86. The summed E-state index contributed by atoms with van der Waals surface area (Å²) in [6, 6.07) is 9.18. The number of thioether (sulfide) groups is 1. The van der Waals surface area contributed by atoms with Crippen LogP contribution in [0, 0.1) is 18.6 Å². The van der Waals surface area contributed by atoms with Crippen LogP contribution in [0.3, 0.4) is 0 Å². The molecule has 2 aromatic rings. The molecule has 0 saturated carbocycles. The third-order valence-electron chi connectivity index (χ3n) is 5.11. The molecule has 4 nitrogen and oxygen atoms in total. The lowest BCUT2D eigenvalue weighted by molar-refractivity contribution is -0.138. The van der Waals surface area contributed by atoms with Crippen LogP contribution >= 0.6 is 11.8 Å². The quantitative estimate of drug-likeness (QED) is 0.790. The topological polar surface area (TPSA) is 40.6 Å². The van der Waals surface area contributed by atoms with Gasteiger partial charge in [-0.1, -0.05) is 23.8 Å². The molecular formula is C20H18F2N2O2S. The maximum atomic E-state index is 14.2. The number of hydrogen-bond donors (Lipinski definition) is 0. The van der Waals surface area contributed by atoms with Gasteiger partial charge in [0.05, 0.1) is 12.2 Å². The van der Waals surface area contributed by atoms with Crippen molar-refractivity contribution in [3.05, 3.63) is 64.7 Å². The highest BCUT2D eigenvalue weighted by Crippen LogP contribution is 2.54. The molecule has 1 atom stereocenters. The van der Waals surface area contributed by atoms with Crippen molar-refractivity contribution in [2.24, 2.45) is 0 Å². The molecule has 0 N–H and O–H groups in total. The van der Waals surface area contributed by atoms with Gasteiger partial charge in [-0.05, 0) is 25.1 Å². The molecule has 0 aromatic heterocycles. The number of carbonyl (C=O) groups is 2. The molecule has 140 valence electrons. The first-order valence-electron chi connectivity index (χ1n) is 8.64. The lowest BCUT2D eigenvalue weighted by atomic mass is 10.0. The Bertz CT molecular complexity index is 945. The Morgan fingerprint density at radius 2 is 1.93 bits per heavy atom. The molecule has 0 unspecified atom stereocenters. The van der Waals surface area contributed by atoms with Crippen molar-refractivity contribution in [1.82, 2.24) is 4.90 Å². The van der Waals surface area contributed by atoms with Crippen LogP contribution in [0.2, 0.25) is 0 Å². The zero-order valence-corrected chi connectivity index (χ0v) is 15.8. The van der Waals surface area contributed by atoms with Crippen molar-refractivity contribution in [3.8, 4) is 0 Å². The Labute approximate surface area is 160 Å². The summed E-state index contributed by atoms with van der Waals surface area (Å²) in [5.41, 5.74) is 2.10. The van der Waals surface area contributed by atoms with E-state index in [9.17, 15) is 18.4 Å². The highest BCUT2D eigenvalue weighted by Gasteiger charge is 2.58. The molecule has 1 fully saturated rings. The molecule has 1 saturated heterocycles. The molecule has 27 heavy (non-hydrogen) atoms. The molecule has 0 aliphatic carbocycles. The highest BCUT2D eigenvalue weighted by molar-refractivity contribution is 8.01. The first kappa shape index (κ1) is 18.0. The molecule has 0 bridgehead atoms. The van der Waals surface area contributed by atoms with E-state index in [-0.39, 0.29) is 23.9 Å². The lowest BCUT2D eigenvalue weighted by Crippen LogP contribution is -2.49. The van der Waals surface area contributed by atoms with E-state index in [0.717, 1.165) is 5.56 Å². The van der Waals surface area contributed by atoms with E-state index < -0.39 is 16.5 Å². The first-order chi connectivity index (χ1) is 12.9. The van der Waals surface area contributed by atoms with Crippen molar-refractivity contribution in [3.63, 3.8) is 0 Å². The van der Waals surface area contributed by atoms with Gasteiger partial charge in [0.25, 0.3) is 5.91 Å². The van der Waals surface area contributed by atoms with Gasteiger partial charge in [0.15, 0.2) is 4.87 Å². The van der Waals surface area contributed by atoms with E-state index in [0.29, 0.717) is 23.5 Å². The minimum Gasteiger partial charge on any atom is -0.315 e. The SMILES string of the molecule is CC(=O)N1CCS[C@@]12C(=O)N(Cc1c(F)cccc1F)c1ccc(C)cc12. The second kappa shape index (κ2) is 6.34. The number of benzene rings is 2. The van der Waals surface area contributed by atoms with Crippen molar-refractivity contribution in [2.75, 3.05) is 17.2 Å². The van der Waals surface area contributed by atoms with Crippen LogP contribution in [0.5, 0.6) is 0 Å². The highest BCUT2D eigenvalue weighted by atomic mass is 32.2. The fourth-order valence-corrected chi connectivity index (χ4v) is 5.36. The van der Waals surface area contributed by atoms with Crippen LogP contribution in [0.15, 0.2) is 36.4 Å². The standard InChI is InChI=1S/C20H18F2N2O2S/c1-12-6-7-18-15(10-12)20(24(13(2)25)8-9-27-20)19(26)23(18)11-14-16(21)4-3-5-17(14)22/h3-7,10H,8-9,11H2,1-2H3/t20-/m0/s1. The number of amides is 2. The molecule has 2 heterocycles. The van der Waals surface area contributed by atoms with E-state index in [2.05, 4.69) is 0 Å². The van der Waals surface area contributed by atoms with E-state index in [4.69, 9.17) is 0 Å². The largest absolute Gasteiger partial charge is 0.315 e. The molecule has 7 heteroatoms. The van der Waals surface area contributed by atoms with E-state index in [1.165, 1.54) is 41.8 Å². The second-order valence-corrected chi connectivity index (χ2v) is 8.06. The van der Waals surface area contributed by atoms with Crippen LogP contribution in [0.4, 0.5) is 14.5 Å². The van der Waals surface area contributed by atoms with Crippen molar-refractivity contribution < 1.29 is 18.4 Å². The minimum absolute atomic E-state index is 0.160. The molecule has 2 aliphatic rings. The maximum Gasteiger partial charge on any atom is 0.268 e. The Balaban J connectivity index is 1.86. The summed E-state index contributed by atoms with van der Waals surface area (Å²) in [4.78, 5) is 27.5. The van der Waals surface area contributed by atoms with Crippen LogP contribution in [-0.4, -0.2) is 29.0 Å². The van der Waals surface area contributed by atoms with Crippen molar-refractivity contribution >= 4 is 29.3 Å². The van der Waals surface area contributed by atoms with Crippen LogP contribution < -0.4 is 4.90 Å². The van der Waals surface area contributed by atoms with E-state index in [1.54, 1.807) is 11.0 Å². The molecule has 2 aromatic carbocycles. The van der Waals surface area contributed by atoms with Gasteiger partial charge in [0.1, 0.15) is 11.6 Å². The van der Waals surface area contributed by atoms with Crippen molar-refractivity contribution in [1.29, 1.82) is 0 Å². The van der Waals surface area contributed by atoms with E-state index in [1.807, 2.05) is 19.1 Å². The van der Waals surface area contributed by atoms with Gasteiger partial charge in [-0.2, -0.15) is 0 Å². The summed E-state index contributed by atoms with van der Waals surface area (Å²) in [7, 11) is 0. The second-order valence-electron chi connectivity index (χ2n) is 6.78. The van der Waals surface area contributed by atoms with E-state index >= 15 is 0 Å². The number of halogens is 2. The van der Waals surface area contributed by atoms with Gasteiger partial charge < -0.3 is 9.80 Å². The smallest absolute Gasteiger partial charge is 0.268 e. The summed E-state index contributed by atoms with van der Waals surface area (Å²) in [6.45, 7) is 3.59. The molecule has 2 amide bonds. The summed E-state index contributed by atoms with van der Waals surface area (Å²) in [5, 5.41) is 0. The Kier molecular flexibility index (Phi) is 4.22. The molecule has 4 rings (SSSR count). The maximum absolute atomic E-state index is 14.2. The Morgan fingerprint density at radius 3 is 2.59 bits per heavy atom. The number of nitrogens with zero attached hydrogens (tertiary/aromatic N) is 2. The lowest BCUT2D eigenvalue weighted by Gasteiger charge is -2.32. The Morgan fingerprint density at radius 1 is 1.22 bits per heavy atom. The van der Waals surface area contributed by atoms with Gasteiger partial charge >= 0.3 is 0 Å². The van der Waals surface area contributed by atoms with Gasteiger partial charge in [0, 0.05) is 30.3 Å². The van der Waals surface area contributed by atoms with Gasteiger partial charge in [-0.3, -0.25) is 9.59 Å². The summed E-state index contributed by atoms with van der Waals surface area (Å²) < 4.78 is 28.4. The third kappa shape index (κ3) is 2.56. The minimum atomic E-state index is -1.16. The summed E-state index contributed by atoms with van der Waals surface area (Å²) in [5.74, 6) is -1.29. The van der Waals surface area contributed by atoms with Gasteiger partial charge in [0.2, 0.25) is 5.91 Å². The molecule has 1 spiro atoms. The zero-order chi connectivity index (χ0) is 19.3. The monoisotopic (exact) mass is 388 g/mol. The number of rotatable bonds is 2. The van der Waals surface area contributed by atoms with Crippen LogP contribution in [-0.2, 0) is 21.0 Å². The zero-order valence-electron chi connectivity index (χ0n) is 15.0. The number of fused-ring (bicyclic) bond motifs is 2. The van der Waals surface area contributed by atoms with Crippen LogP contribution in [0.25, 0.3) is 0 Å². The summed E-state index contributed by atoms with van der Waals surface area (Å²) in [6.07, 6.45) is 0. The summed E-state index contributed by atoms with van der Waals surface area (Å²) >= 11 is 1.40. The van der Waals surface area contributed by atoms with Gasteiger partial charge in [-0.15, -0.1) is 11.8 Å². The normalized spacial score (nSPS) is 21.3. The third-order valence-corrected chi connectivity index (χ3v) is 6.53. The number of aryl methyl sites for hydroxylation is 1. The fraction of sp³-hybridized carbons (Fsp3) is 0.300. The van der Waals surface area contributed by atoms with Gasteiger partial charge in [-0.25, -0.2) is 8.78 Å². The average Bonchev–Trinajstić information content (AvgIpc) is 3.15. The molecular weight excluding hydrogens is 370 g/mol. The number of hydrogen-bond acceptors (Lipinski definition) is 3. The molecule has 0 radical (unpaired) electrons. The Hall–Kier alpha value is -2.41. The first-order valence-corrected chi connectivity index (χ1v) is 9.63. The number of carbonyl (C=O) groups excluding carboxylic acids is 2. The predicted octanol–water partition coefficient (Wildman–Crippen LogP) is 3.57. The predicted molar refractivity (Wildman–Crippen MR) is 100 cm³/mol. The average molecular weight is 388 g/mol. The van der Waals surface area contributed by atoms with Crippen molar-refractivity contribution in [2.45, 2.75) is 25.3 Å². The molecule has 2 aliphatic heterocycles. The van der Waals surface area contributed by atoms with Crippen LogP contribution in [0.1, 0.15) is 23.6 Å². The number of anilines is 1.